The third-order valence-corrected chi connectivity index (χ3v) is 7.60. The van der Waals surface area contributed by atoms with Crippen LogP contribution in [0.3, 0.4) is 0 Å². The van der Waals surface area contributed by atoms with E-state index < -0.39 is 0 Å². The van der Waals surface area contributed by atoms with Crippen LogP contribution in [0.15, 0.2) is 52.0 Å². The molecule has 2 amide bonds. The van der Waals surface area contributed by atoms with Crippen molar-refractivity contribution in [1.82, 2.24) is 5.01 Å². The van der Waals surface area contributed by atoms with Crippen LogP contribution in [0.2, 0.25) is 10.0 Å². The summed E-state index contributed by atoms with van der Waals surface area (Å²) >= 11 is 12.3. The molecule has 0 N–H and O–H groups in total. The predicted molar refractivity (Wildman–Crippen MR) is 108 cm³/mol. The summed E-state index contributed by atoms with van der Waals surface area (Å²) in [5.41, 5.74) is 0.667. The molecule has 146 valence electrons. The van der Waals surface area contributed by atoms with Crippen LogP contribution in [0.1, 0.15) is 12.2 Å². The maximum absolute atomic E-state index is 12.9. The van der Waals surface area contributed by atoms with Gasteiger partial charge in [0.15, 0.2) is 0 Å². The highest BCUT2D eigenvalue weighted by Gasteiger charge is 2.67. The molecule has 7 heteroatoms. The van der Waals surface area contributed by atoms with Crippen molar-refractivity contribution in [2.45, 2.75) is 6.42 Å². The summed E-state index contributed by atoms with van der Waals surface area (Å²) in [6.45, 7) is 0. The minimum Gasteiger partial charge on any atom is -0.455 e. The van der Waals surface area contributed by atoms with Crippen LogP contribution >= 0.6 is 23.2 Å². The van der Waals surface area contributed by atoms with Crippen LogP contribution in [0.25, 0.3) is 11.3 Å². The fourth-order valence-corrected chi connectivity index (χ4v) is 5.82. The third-order valence-electron chi connectivity index (χ3n) is 6.78. The largest absolute Gasteiger partial charge is 0.455 e. The molecule has 29 heavy (non-hydrogen) atoms. The first kappa shape index (κ1) is 17.5. The number of halogens is 2. The summed E-state index contributed by atoms with van der Waals surface area (Å²) in [7, 11) is 0. The summed E-state index contributed by atoms with van der Waals surface area (Å²) in [4.78, 5) is 25.9. The molecule has 2 aromatic rings. The number of hydrazone groups is 1. The van der Waals surface area contributed by atoms with Gasteiger partial charge in [-0.1, -0.05) is 41.4 Å². The molecule has 6 atom stereocenters. The second-order valence-electron chi connectivity index (χ2n) is 8.19. The van der Waals surface area contributed by atoms with E-state index in [1.165, 1.54) is 6.21 Å². The Bertz CT molecular complexity index is 1090. The Labute approximate surface area is 177 Å². The molecular formula is C22H16Cl2N2O3. The van der Waals surface area contributed by atoms with Gasteiger partial charge in [0.25, 0.3) is 11.8 Å². The van der Waals surface area contributed by atoms with Gasteiger partial charge in [-0.2, -0.15) is 10.1 Å². The van der Waals surface area contributed by atoms with Gasteiger partial charge in [-0.05, 0) is 54.4 Å². The van der Waals surface area contributed by atoms with Crippen LogP contribution in [0.5, 0.6) is 0 Å². The summed E-state index contributed by atoms with van der Waals surface area (Å²) in [5, 5.41) is 6.08. The third kappa shape index (κ3) is 2.44. The lowest BCUT2D eigenvalue weighted by molar-refractivity contribution is -0.140. The molecule has 1 aromatic heterocycles. The number of hydrogen-bond donors (Lipinski definition) is 0. The SMILES string of the molecule is O=C1[C@@H]2[C@H]3C=C[C@@H]([C@@H]4C[C@@H]34)[C@@H]2C(=O)N1/N=C\c1ccc(-c2cccc(Cl)c2Cl)o1. The number of carbonyl (C=O) groups is 2. The molecule has 2 saturated carbocycles. The Kier molecular flexibility index (Phi) is 3.66. The summed E-state index contributed by atoms with van der Waals surface area (Å²) in [6, 6.07) is 8.77. The van der Waals surface area contributed by atoms with Crippen LogP contribution in [-0.2, 0) is 9.59 Å². The highest BCUT2D eigenvalue weighted by molar-refractivity contribution is 6.43. The number of nitrogens with zero attached hydrogens (tertiary/aromatic N) is 2. The van der Waals surface area contributed by atoms with Crippen molar-refractivity contribution in [3.63, 3.8) is 0 Å². The van der Waals surface area contributed by atoms with Crippen molar-refractivity contribution in [2.75, 3.05) is 0 Å². The Morgan fingerprint density at radius 3 is 2.38 bits per heavy atom. The van der Waals surface area contributed by atoms with Crippen molar-refractivity contribution in [3.8, 4) is 11.3 Å². The van der Waals surface area contributed by atoms with E-state index in [1.54, 1.807) is 30.3 Å². The number of allylic oxidation sites excluding steroid dienone is 2. The highest BCUT2D eigenvalue weighted by Crippen LogP contribution is 2.65. The van der Waals surface area contributed by atoms with Gasteiger partial charge in [0.1, 0.15) is 11.5 Å². The zero-order chi connectivity index (χ0) is 19.9. The average molecular weight is 427 g/mol. The monoisotopic (exact) mass is 426 g/mol. The number of hydrogen-bond acceptors (Lipinski definition) is 4. The van der Waals surface area contributed by atoms with E-state index in [4.69, 9.17) is 27.6 Å². The first-order chi connectivity index (χ1) is 14.0. The van der Waals surface area contributed by atoms with E-state index in [1.807, 2.05) is 0 Å². The average Bonchev–Trinajstić information content (AvgIpc) is 3.36. The van der Waals surface area contributed by atoms with Gasteiger partial charge in [0.2, 0.25) is 0 Å². The lowest BCUT2D eigenvalue weighted by atomic mass is 9.63. The molecule has 4 aliphatic carbocycles. The van der Waals surface area contributed by atoms with E-state index in [-0.39, 0.29) is 35.5 Å². The van der Waals surface area contributed by atoms with Gasteiger partial charge in [-0.3, -0.25) is 9.59 Å². The molecule has 5 aliphatic rings. The molecule has 2 heterocycles. The normalized spacial score (nSPS) is 34.2. The molecule has 5 nitrogen and oxygen atoms in total. The molecule has 3 fully saturated rings. The predicted octanol–water partition coefficient (Wildman–Crippen LogP) is 4.64. The standard InChI is InChI=1S/C22H16Cl2N2O3/c23-16-3-1-2-13(20(16)24)17-7-4-10(29-17)9-25-26-21(27)18-11-5-6-12(15-8-14(11)15)19(18)22(26)28/h1-7,9,11-12,14-15,18-19H,8H2/b25-9-/t11-,12-,14-,15-,18-,19+/m0/s1. The second kappa shape index (κ2) is 6.07. The van der Waals surface area contributed by atoms with E-state index in [2.05, 4.69) is 17.3 Å². The molecule has 0 radical (unpaired) electrons. The molecule has 2 bridgehead atoms. The maximum atomic E-state index is 12.9. The minimum atomic E-state index is -0.254. The van der Waals surface area contributed by atoms with Crippen molar-refractivity contribution >= 4 is 41.2 Å². The van der Waals surface area contributed by atoms with Gasteiger partial charge >= 0.3 is 0 Å². The number of rotatable bonds is 3. The van der Waals surface area contributed by atoms with E-state index >= 15 is 0 Å². The van der Waals surface area contributed by atoms with Gasteiger partial charge in [-0.15, -0.1) is 0 Å². The summed E-state index contributed by atoms with van der Waals surface area (Å²) in [5.74, 6) is 1.59. The summed E-state index contributed by atoms with van der Waals surface area (Å²) < 4.78 is 5.78. The first-order valence-corrected chi connectivity index (χ1v) is 10.4. The number of amides is 2. The van der Waals surface area contributed by atoms with Crippen molar-refractivity contribution in [2.24, 2.45) is 40.6 Å². The van der Waals surface area contributed by atoms with E-state index in [0.717, 1.165) is 11.4 Å². The zero-order valence-corrected chi connectivity index (χ0v) is 16.7. The Morgan fingerprint density at radius 2 is 1.69 bits per heavy atom. The Hall–Kier alpha value is -2.37. The van der Waals surface area contributed by atoms with Crippen molar-refractivity contribution in [1.29, 1.82) is 0 Å². The van der Waals surface area contributed by atoms with Gasteiger partial charge in [0, 0.05) is 5.56 Å². The number of imide groups is 1. The number of carbonyl (C=O) groups excluding carboxylic acids is 2. The van der Waals surface area contributed by atoms with Crippen LogP contribution in [0.4, 0.5) is 0 Å². The first-order valence-electron chi connectivity index (χ1n) is 9.69. The minimum absolute atomic E-state index is 0.187. The lowest BCUT2D eigenvalue weighted by Gasteiger charge is -2.37. The van der Waals surface area contributed by atoms with Gasteiger partial charge in [-0.25, -0.2) is 0 Å². The van der Waals surface area contributed by atoms with Crippen molar-refractivity contribution < 1.29 is 14.0 Å². The van der Waals surface area contributed by atoms with E-state index in [9.17, 15) is 9.59 Å². The topological polar surface area (TPSA) is 62.9 Å². The van der Waals surface area contributed by atoms with Crippen molar-refractivity contribution in [3.05, 3.63) is 58.3 Å². The Balaban J connectivity index is 1.26. The van der Waals surface area contributed by atoms with Crippen LogP contribution in [0, 0.1) is 35.5 Å². The van der Waals surface area contributed by atoms with Crippen LogP contribution < -0.4 is 0 Å². The zero-order valence-electron chi connectivity index (χ0n) is 15.2. The quantitative estimate of drug-likeness (QED) is 0.407. The summed E-state index contributed by atoms with van der Waals surface area (Å²) in [6.07, 6.45) is 6.84. The smallest absolute Gasteiger partial charge is 0.254 e. The second-order valence-corrected chi connectivity index (χ2v) is 8.98. The number of furan rings is 1. The van der Waals surface area contributed by atoms with E-state index in [0.29, 0.717) is 39.0 Å². The number of benzene rings is 1. The highest BCUT2D eigenvalue weighted by atomic mass is 35.5. The fourth-order valence-electron chi connectivity index (χ4n) is 5.43. The molecular weight excluding hydrogens is 411 g/mol. The molecule has 1 aromatic carbocycles. The molecule has 0 unspecified atom stereocenters. The molecule has 0 spiro atoms. The molecule has 1 aliphatic heterocycles. The van der Waals surface area contributed by atoms with Crippen LogP contribution in [-0.4, -0.2) is 23.0 Å². The van der Waals surface area contributed by atoms with Gasteiger partial charge < -0.3 is 4.42 Å². The molecule has 7 rings (SSSR count). The fraction of sp³-hybridized carbons (Fsp3) is 0.318. The van der Waals surface area contributed by atoms with Gasteiger partial charge in [0.05, 0.1) is 28.1 Å². The Morgan fingerprint density at radius 1 is 1.00 bits per heavy atom. The maximum Gasteiger partial charge on any atom is 0.254 e. The molecule has 1 saturated heterocycles. The lowest BCUT2D eigenvalue weighted by Crippen LogP contribution is -2.40.